The molecule has 0 amide bonds. The molecule has 1 aromatic rings. The van der Waals surface area contributed by atoms with E-state index < -0.39 is 0 Å². The second kappa shape index (κ2) is 7.67. The van der Waals surface area contributed by atoms with Crippen molar-refractivity contribution in [2.24, 2.45) is 5.73 Å². The molecule has 2 N–H and O–H groups in total. The van der Waals surface area contributed by atoms with E-state index in [4.69, 9.17) is 5.73 Å². The van der Waals surface area contributed by atoms with E-state index in [0.29, 0.717) is 0 Å². The van der Waals surface area contributed by atoms with Crippen LogP contribution in [0.25, 0.3) is 0 Å². The van der Waals surface area contributed by atoms with Crippen molar-refractivity contribution in [2.75, 3.05) is 5.33 Å². The Kier molecular flexibility index (Phi) is 7.39. The zero-order chi connectivity index (χ0) is 6.95. The molecular weight excluding hydrogens is 175 g/mol. The first-order chi connectivity index (χ1) is 4.41. The molecule has 0 aliphatic carbocycles. The first-order valence-corrected chi connectivity index (χ1v) is 4.38. The van der Waals surface area contributed by atoms with Crippen LogP contribution in [0.15, 0.2) is 30.6 Å². The molecule has 1 atom stereocenters. The Morgan fingerprint density at radius 2 is 1.67 bits per heavy atom. The summed E-state index contributed by atoms with van der Waals surface area (Å²) in [4.78, 5) is 3.78. The molecule has 1 aromatic heterocycles. The molecule has 0 spiro atoms. The van der Waals surface area contributed by atoms with Crippen molar-refractivity contribution in [1.29, 1.82) is 0 Å². The summed E-state index contributed by atoms with van der Waals surface area (Å²) in [6.45, 7) is 0. The largest absolute Gasteiger partial charge is 0.265 e. The standard InChI is InChI=1S/C5H5N.CH6AsN/c1-2-4-6-5-3-1;2-1-3/h1-5H;1-3H2. The first-order valence-electron chi connectivity index (χ1n) is 2.67. The molecule has 0 radical (unpaired) electrons. The summed E-state index contributed by atoms with van der Waals surface area (Å²) >= 11 is 1.56. The fraction of sp³-hybridized carbons (Fsp3) is 0.167. The van der Waals surface area contributed by atoms with Gasteiger partial charge in [0.15, 0.2) is 0 Å². The summed E-state index contributed by atoms with van der Waals surface area (Å²) in [5, 5.41) is 0.812. The fourth-order valence-corrected chi connectivity index (χ4v) is 0.313. The van der Waals surface area contributed by atoms with Gasteiger partial charge in [0.25, 0.3) is 0 Å². The van der Waals surface area contributed by atoms with Gasteiger partial charge in [-0.25, -0.2) is 0 Å². The van der Waals surface area contributed by atoms with Crippen molar-refractivity contribution in [3.05, 3.63) is 30.6 Å². The predicted octanol–water partition coefficient (Wildman–Crippen LogP) is -0.383. The van der Waals surface area contributed by atoms with Crippen LogP contribution in [-0.2, 0) is 0 Å². The second-order valence-corrected chi connectivity index (χ2v) is 2.25. The Morgan fingerprint density at radius 1 is 1.22 bits per heavy atom. The normalized spacial score (nSPS) is 7.33. The topological polar surface area (TPSA) is 38.9 Å². The van der Waals surface area contributed by atoms with Gasteiger partial charge in [0.1, 0.15) is 0 Å². The summed E-state index contributed by atoms with van der Waals surface area (Å²) in [6.07, 6.45) is 3.50. The van der Waals surface area contributed by atoms with Gasteiger partial charge in [0.05, 0.1) is 0 Å². The third kappa shape index (κ3) is 7.67. The van der Waals surface area contributed by atoms with E-state index >= 15 is 0 Å². The van der Waals surface area contributed by atoms with E-state index in [9.17, 15) is 0 Å². The number of rotatable bonds is 0. The van der Waals surface area contributed by atoms with Crippen LogP contribution in [0.3, 0.4) is 0 Å². The molecule has 0 aliphatic rings. The van der Waals surface area contributed by atoms with Crippen LogP contribution in [0, 0.1) is 0 Å². The Bertz CT molecular complexity index is 93.9. The van der Waals surface area contributed by atoms with Gasteiger partial charge < -0.3 is 0 Å². The van der Waals surface area contributed by atoms with Crippen molar-refractivity contribution < 1.29 is 0 Å². The van der Waals surface area contributed by atoms with E-state index in [0.717, 1.165) is 5.33 Å². The van der Waals surface area contributed by atoms with E-state index in [1.807, 2.05) is 18.2 Å². The average molecular weight is 186 g/mol. The number of hydrogen-bond donors (Lipinski definition) is 1. The number of hydrogen-bond acceptors (Lipinski definition) is 2. The van der Waals surface area contributed by atoms with Crippen molar-refractivity contribution in [1.82, 2.24) is 4.98 Å². The van der Waals surface area contributed by atoms with Crippen LogP contribution >= 0.6 is 0 Å². The van der Waals surface area contributed by atoms with Crippen molar-refractivity contribution in [3.63, 3.8) is 0 Å². The SMILES string of the molecule is NC[AsH2].c1ccncc1. The maximum absolute atomic E-state index is 4.88. The monoisotopic (exact) mass is 186 g/mol. The van der Waals surface area contributed by atoms with Crippen LogP contribution in [-0.4, -0.2) is 27.2 Å². The zero-order valence-corrected chi connectivity index (χ0v) is 7.62. The Labute approximate surface area is 64.0 Å². The molecule has 50 valence electrons. The van der Waals surface area contributed by atoms with Gasteiger partial charge in [-0.1, -0.05) is 6.07 Å². The Balaban J connectivity index is 0.000000187. The average Bonchev–Trinajstić information content (AvgIpc) is 1.93. The van der Waals surface area contributed by atoms with Crippen LogP contribution < -0.4 is 5.73 Å². The van der Waals surface area contributed by atoms with E-state index in [1.54, 1.807) is 29.2 Å². The minimum absolute atomic E-state index is 0.812. The van der Waals surface area contributed by atoms with E-state index in [2.05, 4.69) is 4.98 Å². The molecule has 3 heteroatoms. The number of pyridine rings is 1. The Hall–Kier alpha value is -0.332. The van der Waals surface area contributed by atoms with Gasteiger partial charge in [-0.2, -0.15) is 0 Å². The smallest absolute Gasteiger partial charge is 0.0267 e. The fourth-order valence-electron chi connectivity index (χ4n) is 0.313. The summed E-state index contributed by atoms with van der Waals surface area (Å²) < 4.78 is 0. The molecular formula is C6H11AsN2. The molecule has 2 nitrogen and oxygen atoms in total. The van der Waals surface area contributed by atoms with Crippen molar-refractivity contribution in [2.45, 2.75) is 0 Å². The van der Waals surface area contributed by atoms with E-state index in [-0.39, 0.29) is 0 Å². The maximum Gasteiger partial charge on any atom is 0.0267 e. The van der Waals surface area contributed by atoms with Crippen LogP contribution in [0.2, 0.25) is 0 Å². The molecule has 1 unspecified atom stereocenters. The molecule has 1 rings (SSSR count). The molecule has 0 saturated carbocycles. The molecule has 0 fully saturated rings. The molecule has 0 saturated heterocycles. The number of aromatic nitrogens is 1. The first kappa shape index (κ1) is 8.67. The molecule has 0 aliphatic heterocycles. The van der Waals surface area contributed by atoms with Crippen molar-refractivity contribution >= 4 is 16.9 Å². The maximum atomic E-state index is 4.88. The minimum Gasteiger partial charge on any atom is -0.265 e. The predicted molar refractivity (Wildman–Crippen MR) is 41.8 cm³/mol. The third-order valence-corrected chi connectivity index (χ3v) is 0.566. The Morgan fingerprint density at radius 3 is 1.78 bits per heavy atom. The van der Waals surface area contributed by atoms with Crippen LogP contribution in [0.4, 0.5) is 0 Å². The summed E-state index contributed by atoms with van der Waals surface area (Å²) in [6, 6.07) is 5.72. The quantitative estimate of drug-likeness (QED) is 0.561. The van der Waals surface area contributed by atoms with E-state index in [1.165, 1.54) is 0 Å². The zero-order valence-electron chi connectivity index (χ0n) is 5.20. The second-order valence-electron chi connectivity index (χ2n) is 1.26. The molecule has 0 bridgehead atoms. The van der Waals surface area contributed by atoms with Crippen molar-refractivity contribution in [3.8, 4) is 0 Å². The van der Waals surface area contributed by atoms with Gasteiger partial charge in [-0.15, -0.1) is 0 Å². The summed E-state index contributed by atoms with van der Waals surface area (Å²) in [5.74, 6) is 0. The third-order valence-electron chi connectivity index (χ3n) is 0.566. The number of nitrogens with two attached hydrogens (primary N) is 1. The summed E-state index contributed by atoms with van der Waals surface area (Å²) in [7, 11) is 0. The van der Waals surface area contributed by atoms with Crippen LogP contribution in [0.1, 0.15) is 0 Å². The molecule has 9 heavy (non-hydrogen) atoms. The van der Waals surface area contributed by atoms with Gasteiger partial charge >= 0.3 is 27.9 Å². The van der Waals surface area contributed by atoms with Gasteiger partial charge in [-0.3, -0.25) is 4.98 Å². The van der Waals surface area contributed by atoms with Crippen LogP contribution in [0.5, 0.6) is 0 Å². The molecule has 0 aromatic carbocycles. The summed E-state index contributed by atoms with van der Waals surface area (Å²) in [5.41, 5.74) is 4.88. The minimum atomic E-state index is 0.812. The number of nitrogens with zero attached hydrogens (tertiary/aromatic N) is 1. The molecule has 1 heterocycles. The van der Waals surface area contributed by atoms with Gasteiger partial charge in [-0.05, 0) is 12.1 Å². The van der Waals surface area contributed by atoms with Gasteiger partial charge in [0.2, 0.25) is 0 Å². The van der Waals surface area contributed by atoms with Gasteiger partial charge in [0, 0.05) is 12.4 Å².